The van der Waals surface area contributed by atoms with E-state index in [1.807, 2.05) is 29.1 Å². The van der Waals surface area contributed by atoms with Crippen molar-refractivity contribution in [1.29, 1.82) is 0 Å². The summed E-state index contributed by atoms with van der Waals surface area (Å²) in [5, 5.41) is 14.6. The molecular weight excluding hydrogens is 182 g/mol. The van der Waals surface area contributed by atoms with Crippen molar-refractivity contribution in [2.24, 2.45) is 11.0 Å². The number of hydrogen-bond donors (Lipinski definition) is 1. The van der Waals surface area contributed by atoms with E-state index in [-0.39, 0.29) is 6.17 Å². The van der Waals surface area contributed by atoms with Gasteiger partial charge in [0, 0.05) is 25.7 Å². The van der Waals surface area contributed by atoms with Crippen molar-refractivity contribution in [3.63, 3.8) is 0 Å². The highest BCUT2D eigenvalue weighted by Crippen LogP contribution is 2.26. The largest absolute Gasteiger partial charge is 0.481 e. The first kappa shape index (κ1) is 8.80. The number of aliphatic carboxylic acids is 1. The third kappa shape index (κ3) is 1.26. The lowest BCUT2D eigenvalue weighted by Crippen LogP contribution is -2.30. The molecule has 0 bridgehead atoms. The molecule has 2 rings (SSSR count). The Morgan fingerprint density at radius 3 is 2.64 bits per heavy atom. The Morgan fingerprint density at radius 1 is 1.43 bits per heavy atom. The first-order valence-corrected chi connectivity index (χ1v) is 4.32. The number of hydrogen-bond acceptors (Lipinski definition) is 3. The van der Waals surface area contributed by atoms with Crippen molar-refractivity contribution in [2.45, 2.75) is 6.17 Å². The topological polar surface area (TPSA) is 57.8 Å². The first-order chi connectivity index (χ1) is 6.70. The van der Waals surface area contributed by atoms with Crippen LogP contribution in [0.25, 0.3) is 0 Å². The van der Waals surface area contributed by atoms with E-state index >= 15 is 0 Å². The maximum Gasteiger partial charge on any atom is 0.316 e. The lowest BCUT2D eigenvalue weighted by molar-refractivity contribution is -0.141. The molecule has 14 heavy (non-hydrogen) atoms. The number of rotatable bonds is 2. The van der Waals surface area contributed by atoms with Gasteiger partial charge >= 0.3 is 5.97 Å². The summed E-state index contributed by atoms with van der Waals surface area (Å²) in [5.74, 6) is -1.43. The molecule has 2 heterocycles. The highest BCUT2D eigenvalue weighted by atomic mass is 16.4. The van der Waals surface area contributed by atoms with Crippen LogP contribution in [0.5, 0.6) is 0 Å². The number of carbonyl (C=O) groups is 1. The maximum absolute atomic E-state index is 10.9. The van der Waals surface area contributed by atoms with Gasteiger partial charge in [-0.3, -0.25) is 9.80 Å². The third-order valence-electron chi connectivity index (χ3n) is 2.33. The van der Waals surface area contributed by atoms with Gasteiger partial charge in [0.25, 0.3) is 0 Å². The zero-order chi connectivity index (χ0) is 10.1. The van der Waals surface area contributed by atoms with Gasteiger partial charge in [0.2, 0.25) is 0 Å². The molecule has 2 atom stereocenters. The minimum absolute atomic E-state index is 0.248. The van der Waals surface area contributed by atoms with Crippen molar-refractivity contribution in [1.82, 2.24) is 9.58 Å². The van der Waals surface area contributed by atoms with Crippen LogP contribution in [0.1, 0.15) is 6.17 Å². The molecule has 5 heteroatoms. The van der Waals surface area contributed by atoms with Gasteiger partial charge in [-0.25, -0.2) is 0 Å². The van der Waals surface area contributed by atoms with E-state index in [9.17, 15) is 4.79 Å². The van der Waals surface area contributed by atoms with Crippen LogP contribution in [-0.2, 0) is 4.79 Å². The maximum atomic E-state index is 10.9. The number of aromatic nitrogens is 1. The predicted molar refractivity (Wildman–Crippen MR) is 50.8 cm³/mol. The second-order valence-corrected chi connectivity index (χ2v) is 3.25. The second kappa shape index (κ2) is 3.17. The fraction of sp³-hybridized carbons (Fsp3) is 0.333. The Bertz CT molecular complexity index is 358. The molecule has 1 aliphatic rings. The Labute approximate surface area is 81.3 Å². The molecular formula is C9H11N3O2. The summed E-state index contributed by atoms with van der Waals surface area (Å²) >= 11 is 0. The van der Waals surface area contributed by atoms with Crippen LogP contribution in [0.3, 0.4) is 0 Å². The van der Waals surface area contributed by atoms with Crippen LogP contribution < -0.4 is 0 Å². The average Bonchev–Trinajstić information content (AvgIpc) is 2.71. The molecule has 0 saturated heterocycles. The second-order valence-electron chi connectivity index (χ2n) is 3.25. The van der Waals surface area contributed by atoms with Gasteiger partial charge in [-0.1, -0.05) is 0 Å². The third-order valence-corrected chi connectivity index (χ3v) is 2.33. The molecule has 5 nitrogen and oxygen atoms in total. The van der Waals surface area contributed by atoms with E-state index in [0.717, 1.165) is 0 Å². The minimum atomic E-state index is -0.850. The standard InChI is InChI=1S/C9H11N3O2/c1-11-8(12-4-2-3-5-12)7(6-10-11)9(13)14/h2-8H,1H3,(H,13,14). The number of carboxylic acid groups (broad SMARTS) is 1. The summed E-state index contributed by atoms with van der Waals surface area (Å²) in [6.07, 6.45) is 4.90. The SMILES string of the molecule is CN1N=CC(C(=O)O)C1n1cccc1. The molecule has 0 fully saturated rings. The van der Waals surface area contributed by atoms with Crippen molar-refractivity contribution in [3.05, 3.63) is 24.5 Å². The molecule has 1 aromatic rings. The molecule has 0 aromatic carbocycles. The molecule has 0 aliphatic carbocycles. The van der Waals surface area contributed by atoms with E-state index < -0.39 is 11.9 Å². The van der Waals surface area contributed by atoms with Crippen LogP contribution in [0.15, 0.2) is 29.6 Å². The van der Waals surface area contributed by atoms with Crippen LogP contribution in [-0.4, -0.2) is 33.9 Å². The Kier molecular flexibility index (Phi) is 1.99. The van der Waals surface area contributed by atoms with Crippen molar-refractivity contribution < 1.29 is 9.90 Å². The van der Waals surface area contributed by atoms with E-state index in [0.29, 0.717) is 0 Å². The summed E-state index contributed by atoms with van der Waals surface area (Å²) in [5.41, 5.74) is 0. The molecule has 0 spiro atoms. The molecule has 74 valence electrons. The lowest BCUT2D eigenvalue weighted by atomic mass is 10.1. The van der Waals surface area contributed by atoms with Crippen molar-refractivity contribution in [3.8, 4) is 0 Å². The van der Waals surface area contributed by atoms with E-state index in [1.165, 1.54) is 6.21 Å². The zero-order valence-corrected chi connectivity index (χ0v) is 7.74. The van der Waals surface area contributed by atoms with Gasteiger partial charge in [0.15, 0.2) is 0 Å². The summed E-state index contributed by atoms with van der Waals surface area (Å²) in [4.78, 5) is 10.9. The van der Waals surface area contributed by atoms with Gasteiger partial charge in [-0.05, 0) is 12.1 Å². The number of carboxylic acids is 1. The molecule has 0 saturated carbocycles. The molecule has 1 N–H and O–H groups in total. The molecule has 1 aromatic heterocycles. The van der Waals surface area contributed by atoms with Crippen LogP contribution in [0, 0.1) is 5.92 Å². The highest BCUT2D eigenvalue weighted by Gasteiger charge is 2.34. The summed E-state index contributed by atoms with van der Waals surface area (Å²) in [7, 11) is 1.77. The van der Waals surface area contributed by atoms with Crippen LogP contribution in [0.4, 0.5) is 0 Å². The summed E-state index contributed by atoms with van der Waals surface area (Å²) < 4.78 is 1.84. The molecule has 0 amide bonds. The average molecular weight is 193 g/mol. The fourth-order valence-corrected chi connectivity index (χ4v) is 1.65. The first-order valence-electron chi connectivity index (χ1n) is 4.32. The van der Waals surface area contributed by atoms with Crippen LogP contribution in [0.2, 0.25) is 0 Å². The predicted octanol–water partition coefficient (Wildman–Crippen LogP) is 0.619. The van der Waals surface area contributed by atoms with Gasteiger partial charge in [0.1, 0.15) is 12.1 Å². The fourth-order valence-electron chi connectivity index (χ4n) is 1.65. The van der Waals surface area contributed by atoms with Gasteiger partial charge in [-0.2, -0.15) is 5.10 Å². The van der Waals surface area contributed by atoms with Crippen molar-refractivity contribution in [2.75, 3.05) is 7.05 Å². The smallest absolute Gasteiger partial charge is 0.316 e. The van der Waals surface area contributed by atoms with Crippen LogP contribution >= 0.6 is 0 Å². The number of nitrogens with zero attached hydrogens (tertiary/aromatic N) is 3. The quantitative estimate of drug-likeness (QED) is 0.749. The van der Waals surface area contributed by atoms with E-state index in [1.54, 1.807) is 12.1 Å². The Morgan fingerprint density at radius 2 is 2.07 bits per heavy atom. The highest BCUT2D eigenvalue weighted by molar-refractivity contribution is 5.90. The van der Waals surface area contributed by atoms with Gasteiger partial charge < -0.3 is 9.67 Å². The Balaban J connectivity index is 2.29. The van der Waals surface area contributed by atoms with E-state index in [2.05, 4.69) is 5.10 Å². The van der Waals surface area contributed by atoms with Gasteiger partial charge in [-0.15, -0.1) is 0 Å². The normalized spacial score (nSPS) is 25.6. The monoisotopic (exact) mass is 193 g/mol. The lowest BCUT2D eigenvalue weighted by Gasteiger charge is -2.23. The minimum Gasteiger partial charge on any atom is -0.481 e. The molecule has 1 aliphatic heterocycles. The summed E-state index contributed by atoms with van der Waals surface area (Å²) in [6, 6.07) is 3.73. The zero-order valence-electron chi connectivity index (χ0n) is 7.74. The summed E-state index contributed by atoms with van der Waals surface area (Å²) in [6.45, 7) is 0. The van der Waals surface area contributed by atoms with Crippen molar-refractivity contribution >= 4 is 12.2 Å². The molecule has 2 unspecified atom stereocenters. The van der Waals surface area contributed by atoms with E-state index in [4.69, 9.17) is 5.11 Å². The number of hydrazone groups is 1. The molecule has 0 radical (unpaired) electrons. The Hall–Kier alpha value is -1.78. The van der Waals surface area contributed by atoms with Gasteiger partial charge in [0.05, 0.1) is 0 Å².